The Kier molecular flexibility index (Phi) is 4.11. The van der Waals surface area contributed by atoms with Gasteiger partial charge in [0.2, 0.25) is 0 Å². The van der Waals surface area contributed by atoms with E-state index < -0.39 is 0 Å². The Morgan fingerprint density at radius 1 is 1.56 bits per heavy atom. The second-order valence-corrected chi connectivity index (χ2v) is 3.41. The highest BCUT2D eigenvalue weighted by atomic mass is 16.5. The summed E-state index contributed by atoms with van der Waals surface area (Å²) in [6.07, 6.45) is 2.50. The van der Waals surface area contributed by atoms with E-state index in [9.17, 15) is 9.90 Å². The van der Waals surface area contributed by atoms with Gasteiger partial charge in [0.25, 0.3) is 0 Å². The van der Waals surface area contributed by atoms with E-state index >= 15 is 0 Å². The van der Waals surface area contributed by atoms with Crippen LogP contribution in [0.3, 0.4) is 0 Å². The standard InChI is InChI=1S/C13H16O3/c1-4-6-10-12(16-3)8-7-9(13(10)15)11(14)5-2/h4,7-8,15H,1,5-6H2,2-3H3. The number of hydrogen-bond donors (Lipinski definition) is 1. The van der Waals surface area contributed by atoms with Crippen LogP contribution in [0.1, 0.15) is 29.3 Å². The fourth-order valence-corrected chi connectivity index (χ4v) is 1.57. The Bertz CT molecular complexity index is 408. The summed E-state index contributed by atoms with van der Waals surface area (Å²) in [6.45, 7) is 5.38. The van der Waals surface area contributed by atoms with Crippen LogP contribution in [0.15, 0.2) is 24.8 Å². The molecule has 0 unspecified atom stereocenters. The average molecular weight is 220 g/mol. The lowest BCUT2D eigenvalue weighted by Gasteiger charge is -2.11. The van der Waals surface area contributed by atoms with E-state index in [1.165, 1.54) is 7.11 Å². The SMILES string of the molecule is C=CCc1c(OC)ccc(C(=O)CC)c1O. The summed E-state index contributed by atoms with van der Waals surface area (Å²) >= 11 is 0. The van der Waals surface area contributed by atoms with Crippen molar-refractivity contribution in [3.8, 4) is 11.5 Å². The Balaban J connectivity index is 3.30. The summed E-state index contributed by atoms with van der Waals surface area (Å²) < 4.78 is 5.13. The molecule has 0 atom stereocenters. The van der Waals surface area contributed by atoms with E-state index in [0.717, 1.165) is 0 Å². The van der Waals surface area contributed by atoms with E-state index in [4.69, 9.17) is 4.74 Å². The maximum absolute atomic E-state index is 11.6. The topological polar surface area (TPSA) is 46.5 Å². The third-order valence-corrected chi connectivity index (χ3v) is 2.43. The van der Waals surface area contributed by atoms with Crippen molar-refractivity contribution in [3.63, 3.8) is 0 Å². The number of rotatable bonds is 5. The van der Waals surface area contributed by atoms with Crippen LogP contribution in [0, 0.1) is 0 Å². The molecule has 3 nitrogen and oxygen atoms in total. The van der Waals surface area contributed by atoms with Gasteiger partial charge in [0.15, 0.2) is 5.78 Å². The molecule has 0 saturated carbocycles. The van der Waals surface area contributed by atoms with Gasteiger partial charge in [0, 0.05) is 12.0 Å². The molecule has 16 heavy (non-hydrogen) atoms. The summed E-state index contributed by atoms with van der Waals surface area (Å²) in [5.41, 5.74) is 0.956. The molecule has 1 aromatic carbocycles. The van der Waals surface area contributed by atoms with Crippen LogP contribution in [0.4, 0.5) is 0 Å². The highest BCUT2D eigenvalue weighted by Gasteiger charge is 2.15. The molecule has 0 aromatic heterocycles. The lowest BCUT2D eigenvalue weighted by Crippen LogP contribution is -2.01. The van der Waals surface area contributed by atoms with Crippen molar-refractivity contribution in [3.05, 3.63) is 35.9 Å². The van der Waals surface area contributed by atoms with E-state index in [1.807, 2.05) is 0 Å². The first kappa shape index (κ1) is 12.3. The largest absolute Gasteiger partial charge is 0.507 e. The monoisotopic (exact) mass is 220 g/mol. The molecule has 1 aromatic rings. The van der Waals surface area contributed by atoms with Gasteiger partial charge in [0.05, 0.1) is 12.7 Å². The van der Waals surface area contributed by atoms with Crippen LogP contribution < -0.4 is 4.74 Å². The van der Waals surface area contributed by atoms with Crippen molar-refractivity contribution < 1.29 is 14.6 Å². The minimum Gasteiger partial charge on any atom is -0.507 e. The molecule has 0 amide bonds. The van der Waals surface area contributed by atoms with Crippen LogP contribution in [-0.2, 0) is 6.42 Å². The second kappa shape index (κ2) is 5.35. The maximum atomic E-state index is 11.6. The Morgan fingerprint density at radius 2 is 2.25 bits per heavy atom. The lowest BCUT2D eigenvalue weighted by molar-refractivity contribution is 0.0985. The van der Waals surface area contributed by atoms with Crippen molar-refractivity contribution in [2.24, 2.45) is 0 Å². The number of methoxy groups -OCH3 is 1. The Morgan fingerprint density at radius 3 is 2.75 bits per heavy atom. The number of carbonyl (C=O) groups is 1. The van der Waals surface area contributed by atoms with Crippen LogP contribution >= 0.6 is 0 Å². The van der Waals surface area contributed by atoms with Crippen molar-refractivity contribution in [1.82, 2.24) is 0 Å². The number of phenols is 1. The molecule has 1 N–H and O–H groups in total. The molecule has 0 heterocycles. The first-order valence-electron chi connectivity index (χ1n) is 5.18. The predicted molar refractivity (Wildman–Crippen MR) is 63.2 cm³/mol. The highest BCUT2D eigenvalue weighted by Crippen LogP contribution is 2.32. The summed E-state index contributed by atoms with van der Waals surface area (Å²) in [7, 11) is 1.53. The number of allylic oxidation sites excluding steroid dienone is 1. The van der Waals surface area contributed by atoms with Gasteiger partial charge in [-0.05, 0) is 18.6 Å². The van der Waals surface area contributed by atoms with Crippen LogP contribution in [0.5, 0.6) is 11.5 Å². The molecule has 0 fully saturated rings. The zero-order valence-corrected chi connectivity index (χ0v) is 9.62. The second-order valence-electron chi connectivity index (χ2n) is 3.41. The fraction of sp³-hybridized carbons (Fsp3) is 0.308. The number of Topliss-reactive ketones (excluding diaryl/α,β-unsaturated/α-hetero) is 1. The maximum Gasteiger partial charge on any atom is 0.166 e. The predicted octanol–water partition coefficient (Wildman–Crippen LogP) is 2.72. The zero-order valence-electron chi connectivity index (χ0n) is 9.62. The molecule has 0 aliphatic rings. The molecule has 86 valence electrons. The van der Waals surface area contributed by atoms with Gasteiger partial charge in [0.1, 0.15) is 11.5 Å². The molecule has 0 aliphatic heterocycles. The Labute approximate surface area is 95.4 Å². The summed E-state index contributed by atoms with van der Waals surface area (Å²) in [5.74, 6) is 0.501. The minimum absolute atomic E-state index is 0.00565. The van der Waals surface area contributed by atoms with Crippen molar-refractivity contribution >= 4 is 5.78 Å². The van der Waals surface area contributed by atoms with Crippen molar-refractivity contribution in [1.29, 1.82) is 0 Å². The summed E-state index contributed by atoms with van der Waals surface area (Å²) in [5, 5.41) is 9.98. The summed E-state index contributed by atoms with van der Waals surface area (Å²) in [4.78, 5) is 11.6. The van der Waals surface area contributed by atoms with Crippen molar-refractivity contribution in [2.45, 2.75) is 19.8 Å². The number of ketones is 1. The van der Waals surface area contributed by atoms with Gasteiger partial charge in [-0.2, -0.15) is 0 Å². The number of ether oxygens (including phenoxy) is 1. The molecule has 3 heteroatoms. The molecular weight excluding hydrogens is 204 g/mol. The van der Waals surface area contributed by atoms with Gasteiger partial charge in [-0.15, -0.1) is 6.58 Å². The van der Waals surface area contributed by atoms with Crippen LogP contribution in [-0.4, -0.2) is 18.0 Å². The van der Waals surface area contributed by atoms with Crippen LogP contribution in [0.2, 0.25) is 0 Å². The average Bonchev–Trinajstić information content (AvgIpc) is 2.31. The van der Waals surface area contributed by atoms with Gasteiger partial charge in [-0.25, -0.2) is 0 Å². The van der Waals surface area contributed by atoms with Gasteiger partial charge in [-0.3, -0.25) is 4.79 Å². The number of phenolic OH excluding ortho intramolecular Hbond substituents is 1. The lowest BCUT2D eigenvalue weighted by atomic mass is 10.0. The number of carbonyl (C=O) groups excluding carboxylic acids is 1. The van der Waals surface area contributed by atoms with E-state index in [1.54, 1.807) is 25.1 Å². The fourth-order valence-electron chi connectivity index (χ4n) is 1.57. The van der Waals surface area contributed by atoms with E-state index in [2.05, 4.69) is 6.58 Å². The first-order chi connectivity index (χ1) is 7.65. The van der Waals surface area contributed by atoms with Crippen LogP contribution in [0.25, 0.3) is 0 Å². The molecule has 0 saturated heterocycles. The molecule has 0 spiro atoms. The first-order valence-corrected chi connectivity index (χ1v) is 5.18. The minimum atomic E-state index is -0.0783. The number of hydrogen-bond acceptors (Lipinski definition) is 3. The van der Waals surface area contributed by atoms with Gasteiger partial charge < -0.3 is 9.84 Å². The molecule has 0 aliphatic carbocycles. The zero-order chi connectivity index (χ0) is 12.1. The number of aromatic hydroxyl groups is 1. The quantitative estimate of drug-likeness (QED) is 0.613. The Hall–Kier alpha value is -1.77. The van der Waals surface area contributed by atoms with Gasteiger partial charge >= 0.3 is 0 Å². The normalized spacial score (nSPS) is 9.88. The summed E-state index contributed by atoms with van der Waals surface area (Å²) in [6, 6.07) is 3.29. The third-order valence-electron chi connectivity index (χ3n) is 2.43. The molecule has 0 radical (unpaired) electrons. The third kappa shape index (κ3) is 2.24. The number of benzene rings is 1. The van der Waals surface area contributed by atoms with E-state index in [0.29, 0.717) is 29.7 Å². The van der Waals surface area contributed by atoms with Gasteiger partial charge in [-0.1, -0.05) is 13.0 Å². The highest BCUT2D eigenvalue weighted by molar-refractivity contribution is 5.99. The van der Waals surface area contributed by atoms with E-state index in [-0.39, 0.29) is 11.5 Å². The molecule has 0 bridgehead atoms. The van der Waals surface area contributed by atoms with Crippen molar-refractivity contribution in [2.75, 3.05) is 7.11 Å². The smallest absolute Gasteiger partial charge is 0.166 e. The molecule has 1 rings (SSSR count). The molecular formula is C13H16O3.